The monoisotopic (exact) mass is 828 g/mol. The second-order valence-corrected chi connectivity index (χ2v) is 19.7. The van der Waals surface area contributed by atoms with Gasteiger partial charge in [-0.05, 0) is 75.3 Å². The Balaban J connectivity index is 1.31. The Labute approximate surface area is 339 Å². The predicted molar refractivity (Wildman–Crippen MR) is 216 cm³/mol. The molecule has 4 aliphatic rings. The van der Waals surface area contributed by atoms with Gasteiger partial charge in [0, 0.05) is 48.5 Å². The highest BCUT2D eigenvalue weighted by atomic mass is 32.2. The van der Waals surface area contributed by atoms with Crippen LogP contribution in [0.4, 0.5) is 4.79 Å². The Kier molecular flexibility index (Phi) is 12.7. The molecule has 3 saturated carbocycles. The van der Waals surface area contributed by atoms with Crippen LogP contribution in [0.5, 0.6) is 11.6 Å². The summed E-state index contributed by atoms with van der Waals surface area (Å²) in [5.41, 5.74) is -1.68. The van der Waals surface area contributed by atoms with Crippen molar-refractivity contribution in [2.75, 3.05) is 33.0 Å². The van der Waals surface area contributed by atoms with Crippen molar-refractivity contribution in [3.8, 4) is 11.6 Å². The smallest absolute Gasteiger partial charge is 0.408 e. The predicted octanol–water partition coefficient (Wildman–Crippen LogP) is 4.55. The summed E-state index contributed by atoms with van der Waals surface area (Å²) in [6.07, 6.45) is 5.82. The first kappa shape index (κ1) is 42.5. The number of likely N-dealkylation sites (tertiary alicyclic amines) is 1. The molecule has 1 aliphatic heterocycles. The van der Waals surface area contributed by atoms with Gasteiger partial charge in [0.15, 0.2) is 0 Å². The summed E-state index contributed by atoms with van der Waals surface area (Å²) in [6, 6.07) is 5.35. The summed E-state index contributed by atoms with van der Waals surface area (Å²) in [6.45, 7) is 11.4. The highest BCUT2D eigenvalue weighted by molar-refractivity contribution is 7.99. The van der Waals surface area contributed by atoms with Crippen LogP contribution in [0.25, 0.3) is 10.9 Å². The van der Waals surface area contributed by atoms with Crippen molar-refractivity contribution < 1.29 is 41.8 Å². The van der Waals surface area contributed by atoms with Crippen molar-refractivity contribution in [2.45, 2.75) is 114 Å². The van der Waals surface area contributed by atoms with Gasteiger partial charge in [0.25, 0.3) is 5.91 Å². The number of fused-ring (bicyclic) bond motifs is 1. The van der Waals surface area contributed by atoms with Gasteiger partial charge in [-0.1, -0.05) is 32.9 Å². The second kappa shape index (κ2) is 17.0. The maximum atomic E-state index is 14.7. The first-order valence-corrected chi connectivity index (χ1v) is 22.2. The van der Waals surface area contributed by atoms with E-state index in [1.54, 1.807) is 17.8 Å². The third-order valence-corrected chi connectivity index (χ3v) is 13.7. The number of ether oxygens (including phenoxy) is 3. The van der Waals surface area contributed by atoms with Crippen LogP contribution in [0.2, 0.25) is 0 Å². The number of carbonyl (C=O) groups is 4. The molecule has 2 heterocycles. The number of pyridine rings is 1. The van der Waals surface area contributed by atoms with Crippen LogP contribution < -0.4 is 24.8 Å². The third-order valence-electron chi connectivity index (χ3n) is 11.1. The fourth-order valence-electron chi connectivity index (χ4n) is 7.41. The minimum Gasteiger partial charge on any atom is -0.488 e. The zero-order valence-electron chi connectivity index (χ0n) is 33.7. The van der Waals surface area contributed by atoms with E-state index in [9.17, 15) is 27.6 Å². The van der Waals surface area contributed by atoms with Crippen LogP contribution in [0.15, 0.2) is 41.8 Å². The fraction of sp³-hybridized carbons (Fsp3) is 0.625. The van der Waals surface area contributed by atoms with Crippen LogP contribution in [0.3, 0.4) is 0 Å². The number of rotatable bonds is 16. The lowest BCUT2D eigenvalue weighted by atomic mass is 9.85. The van der Waals surface area contributed by atoms with Crippen LogP contribution >= 0.6 is 11.8 Å². The fourth-order valence-corrected chi connectivity index (χ4v) is 9.23. The van der Waals surface area contributed by atoms with Crippen LogP contribution in [0.1, 0.15) is 79.1 Å². The van der Waals surface area contributed by atoms with Gasteiger partial charge in [-0.15, -0.1) is 18.3 Å². The molecule has 0 radical (unpaired) electrons. The SMILES string of the molecule is C=C[C@@H]1C[C@]1(NC(=O)[C@H]1C[C@@H](Oc2cc(OCC)nc3c(SCC4CC4)cccc23)CN1C(=O)[C@@H](NC(=O)OC1CCCC1)C(C)(C)C)C(=O)NS(=O)(=O)N(C)C. The lowest BCUT2D eigenvalue weighted by Crippen LogP contribution is -2.60. The molecule has 4 amide bonds. The van der Waals surface area contributed by atoms with E-state index in [1.165, 1.54) is 37.9 Å². The molecule has 4 fully saturated rings. The molecule has 6 rings (SSSR count). The molecule has 3 aliphatic carbocycles. The average Bonchev–Trinajstić information content (AvgIpc) is 4.00. The van der Waals surface area contributed by atoms with E-state index in [0.29, 0.717) is 24.2 Å². The van der Waals surface area contributed by atoms with Gasteiger partial charge in [-0.2, -0.15) is 12.7 Å². The Hall–Kier alpha value is -4.09. The number of thioether (sulfide) groups is 1. The lowest BCUT2D eigenvalue weighted by molar-refractivity contribution is -0.143. The van der Waals surface area contributed by atoms with Crippen LogP contribution in [-0.4, -0.2) is 109 Å². The molecule has 0 unspecified atom stereocenters. The van der Waals surface area contributed by atoms with E-state index in [0.717, 1.165) is 51.5 Å². The molecular weight excluding hydrogens is 773 g/mol. The van der Waals surface area contributed by atoms with Gasteiger partial charge in [0.05, 0.1) is 18.7 Å². The zero-order valence-corrected chi connectivity index (χ0v) is 35.3. The average molecular weight is 829 g/mol. The molecule has 2 aromatic rings. The number of carbonyl (C=O) groups excluding carboxylic acids is 4. The molecule has 312 valence electrons. The van der Waals surface area contributed by atoms with Crippen molar-refractivity contribution in [1.82, 2.24) is 29.5 Å². The quantitative estimate of drug-likeness (QED) is 0.159. The molecular formula is C40H56N6O9S2. The van der Waals surface area contributed by atoms with Gasteiger partial charge < -0.3 is 29.7 Å². The molecule has 3 N–H and O–H groups in total. The standard InChI is InChI=1S/C40H56N6O9S2/c1-8-25-21-40(25,37(49)44-57(51,52)45(6)7)43-35(47)29-19-27(22-46(29)36(48)34(39(3,4)5)42-38(50)55-26-13-10-11-14-26)54-30-20-32(53-9-2)41-33-28(30)15-12-16-31(33)56-23-24-17-18-24/h8,12,15-16,20,24-27,29,34H,1,9-11,13-14,17-19,21-23H2,2-7H3,(H,42,50)(H,43,47)(H,44,49)/t25-,27-,29-,34-,40-/m1/s1. The first-order chi connectivity index (χ1) is 26.9. The van der Waals surface area contributed by atoms with Crippen LogP contribution in [0, 0.1) is 17.3 Å². The number of nitrogens with zero attached hydrogens (tertiary/aromatic N) is 3. The Morgan fingerprint density at radius 1 is 1.12 bits per heavy atom. The van der Waals surface area contributed by atoms with Crippen molar-refractivity contribution in [3.05, 3.63) is 36.9 Å². The molecule has 15 nitrogen and oxygen atoms in total. The number of alkyl carbamates (subject to hydrolysis) is 1. The number of nitrogens with one attached hydrogen (secondary N) is 3. The van der Waals surface area contributed by atoms with Crippen molar-refractivity contribution in [1.29, 1.82) is 0 Å². The lowest BCUT2D eigenvalue weighted by Gasteiger charge is -2.35. The van der Waals surface area contributed by atoms with E-state index in [2.05, 4.69) is 17.2 Å². The normalized spacial score (nSPS) is 24.2. The van der Waals surface area contributed by atoms with Gasteiger partial charge in [0.1, 0.15) is 35.6 Å². The number of aromatic nitrogens is 1. The highest BCUT2D eigenvalue weighted by Gasteiger charge is 2.61. The van der Waals surface area contributed by atoms with Crippen molar-refractivity contribution in [2.24, 2.45) is 17.3 Å². The van der Waals surface area contributed by atoms with Gasteiger partial charge in [-0.25, -0.2) is 14.5 Å². The topological polar surface area (TPSA) is 186 Å². The summed E-state index contributed by atoms with van der Waals surface area (Å²) in [5, 5.41) is 6.34. The van der Waals surface area contributed by atoms with Gasteiger partial charge >= 0.3 is 16.3 Å². The Morgan fingerprint density at radius 3 is 2.46 bits per heavy atom. The molecule has 1 aromatic heterocycles. The summed E-state index contributed by atoms with van der Waals surface area (Å²) in [5.74, 6) is -0.154. The molecule has 1 saturated heterocycles. The molecule has 0 spiro atoms. The maximum Gasteiger partial charge on any atom is 0.408 e. The van der Waals surface area contributed by atoms with E-state index in [-0.39, 0.29) is 25.5 Å². The number of amides is 4. The largest absolute Gasteiger partial charge is 0.488 e. The Morgan fingerprint density at radius 2 is 1.84 bits per heavy atom. The number of benzene rings is 1. The van der Waals surface area contributed by atoms with Crippen molar-refractivity contribution >= 4 is 56.7 Å². The van der Waals surface area contributed by atoms with E-state index < -0.39 is 69.1 Å². The summed E-state index contributed by atoms with van der Waals surface area (Å²) >= 11 is 1.74. The third kappa shape index (κ3) is 9.79. The van der Waals surface area contributed by atoms with E-state index in [4.69, 9.17) is 19.2 Å². The summed E-state index contributed by atoms with van der Waals surface area (Å²) in [4.78, 5) is 63.1. The molecule has 1 aromatic carbocycles. The van der Waals surface area contributed by atoms with Crippen molar-refractivity contribution in [3.63, 3.8) is 0 Å². The summed E-state index contributed by atoms with van der Waals surface area (Å²) < 4.78 is 46.4. The van der Waals surface area contributed by atoms with Crippen LogP contribution in [-0.2, 0) is 29.3 Å². The second-order valence-electron chi connectivity index (χ2n) is 16.8. The van der Waals surface area contributed by atoms with Gasteiger partial charge in [-0.3, -0.25) is 14.4 Å². The Bertz CT molecular complexity index is 1980. The number of hydrogen-bond acceptors (Lipinski definition) is 11. The maximum absolute atomic E-state index is 14.7. The van der Waals surface area contributed by atoms with Gasteiger partial charge in [0.2, 0.25) is 17.7 Å². The molecule has 17 heteroatoms. The number of hydrogen-bond donors (Lipinski definition) is 3. The summed E-state index contributed by atoms with van der Waals surface area (Å²) in [7, 11) is -1.62. The minimum absolute atomic E-state index is 0.0251. The molecule has 0 bridgehead atoms. The van der Waals surface area contributed by atoms with E-state index >= 15 is 0 Å². The molecule has 5 atom stereocenters. The first-order valence-electron chi connectivity index (χ1n) is 19.8. The molecule has 57 heavy (non-hydrogen) atoms. The van der Waals surface area contributed by atoms with E-state index in [1.807, 2.05) is 50.6 Å². The zero-order chi connectivity index (χ0) is 41.3. The minimum atomic E-state index is -4.18. The highest BCUT2D eigenvalue weighted by Crippen LogP contribution is 2.45. The number of para-hydroxylation sites is 1.